The number of piperidine rings is 1. The van der Waals surface area contributed by atoms with Crippen LogP contribution in [0.1, 0.15) is 62.8 Å². The average molecular weight is 396 g/mol. The Balaban J connectivity index is 1.47. The molecule has 5 aliphatic rings. The second-order valence-electron chi connectivity index (χ2n) is 10.3. The Morgan fingerprint density at radius 1 is 0.690 bits per heavy atom. The first-order valence-corrected chi connectivity index (χ1v) is 11.7. The van der Waals surface area contributed by atoms with Gasteiger partial charge in [-0.3, -0.25) is 9.59 Å². The van der Waals surface area contributed by atoms with Crippen molar-refractivity contribution in [3.63, 3.8) is 0 Å². The largest absolute Gasteiger partial charge is 0.309 e. The summed E-state index contributed by atoms with van der Waals surface area (Å²) in [5.74, 6) is 1.32. The van der Waals surface area contributed by atoms with Gasteiger partial charge >= 0.3 is 0 Å². The third kappa shape index (κ3) is 2.57. The molecule has 0 bridgehead atoms. The van der Waals surface area contributed by atoms with Crippen LogP contribution in [-0.4, -0.2) is 23.7 Å². The minimum Gasteiger partial charge on any atom is -0.309 e. The number of hydrogen-bond acceptors (Lipinski definition) is 3. The molecule has 0 spiro atoms. The smallest absolute Gasteiger partial charge is 0.141 e. The number of carbonyl (C=O) groups is 2. The highest BCUT2D eigenvalue weighted by Crippen LogP contribution is 2.58. The second-order valence-corrected chi connectivity index (χ2v) is 10.3. The molecule has 0 amide bonds. The summed E-state index contributed by atoms with van der Waals surface area (Å²) in [5, 5.41) is 3.93. The number of rotatable bonds is 1. The number of fused-ring (bicyclic) bond motifs is 6. The van der Waals surface area contributed by atoms with Crippen LogP contribution in [0, 0.1) is 41.3 Å². The third-order valence-electron chi connectivity index (χ3n) is 9.14. The summed E-state index contributed by atoms with van der Waals surface area (Å²) in [5.41, 5.74) is 0.997. The molecule has 29 heavy (non-hydrogen) atoms. The van der Waals surface area contributed by atoms with Crippen LogP contribution in [0.2, 0.25) is 0 Å². The van der Waals surface area contributed by atoms with Gasteiger partial charge in [0.2, 0.25) is 0 Å². The Labute approximate surface area is 171 Å². The van der Waals surface area contributed by atoms with E-state index in [1.165, 1.54) is 25.0 Å². The van der Waals surface area contributed by atoms with E-state index in [0.717, 1.165) is 44.1 Å². The summed E-state index contributed by atoms with van der Waals surface area (Å²) in [6.07, 6.45) is 8.96. The molecule has 1 heterocycles. The molecule has 1 aromatic rings. The number of Topliss-reactive ketones (excluding diaryl/α,β-unsaturated/α-hetero) is 2. The van der Waals surface area contributed by atoms with Crippen molar-refractivity contribution in [2.45, 2.75) is 69.4 Å². The number of benzene rings is 1. The van der Waals surface area contributed by atoms with Gasteiger partial charge in [0.15, 0.2) is 0 Å². The average Bonchev–Trinajstić information content (AvgIpc) is 3.21. The number of carbonyl (C=O) groups excluding carboxylic acids is 2. The van der Waals surface area contributed by atoms with E-state index in [2.05, 4.69) is 5.32 Å². The van der Waals surface area contributed by atoms with Crippen LogP contribution in [0.15, 0.2) is 24.3 Å². The zero-order valence-electron chi connectivity index (χ0n) is 16.9. The summed E-state index contributed by atoms with van der Waals surface area (Å²) >= 11 is 0. The van der Waals surface area contributed by atoms with Crippen LogP contribution in [0.5, 0.6) is 0 Å². The Bertz CT molecular complexity index is 790. The van der Waals surface area contributed by atoms with Gasteiger partial charge in [0.05, 0.1) is 0 Å². The van der Waals surface area contributed by atoms with E-state index < -0.39 is 0 Å². The van der Waals surface area contributed by atoms with E-state index in [-0.39, 0.29) is 47.5 Å². The lowest BCUT2D eigenvalue weighted by atomic mass is 9.67. The topological polar surface area (TPSA) is 46.2 Å². The Kier molecular flexibility index (Phi) is 4.23. The standard InChI is InChI=1S/C25H30FNO2/c26-14-11-9-13(10-12-14)19-20-22(15-5-1-3-7-17(15)24(20)28)27-23-16-6-2-4-8-18(16)25(29)21(19)23/h9-12,15-23,27H,1-8H2. The fourth-order valence-corrected chi connectivity index (χ4v) is 8.07. The molecule has 3 nitrogen and oxygen atoms in total. The van der Waals surface area contributed by atoms with Crippen LogP contribution in [0.25, 0.3) is 0 Å². The Morgan fingerprint density at radius 3 is 1.69 bits per heavy atom. The molecule has 0 aromatic heterocycles. The maximum Gasteiger partial charge on any atom is 0.141 e. The summed E-state index contributed by atoms with van der Waals surface area (Å²) in [6.45, 7) is 0. The summed E-state index contributed by atoms with van der Waals surface area (Å²) < 4.78 is 13.7. The molecule has 5 fully saturated rings. The predicted octanol–water partition coefficient (Wildman–Crippen LogP) is 4.26. The monoisotopic (exact) mass is 395 g/mol. The molecule has 8 atom stereocenters. The fourth-order valence-electron chi connectivity index (χ4n) is 8.07. The molecule has 1 N–H and O–H groups in total. The Morgan fingerprint density at radius 2 is 1.17 bits per heavy atom. The molecule has 4 aliphatic carbocycles. The quantitative estimate of drug-likeness (QED) is 0.773. The van der Waals surface area contributed by atoms with Crippen molar-refractivity contribution in [3.05, 3.63) is 35.6 Å². The number of nitrogens with one attached hydrogen (secondary N) is 1. The molecule has 0 radical (unpaired) electrons. The lowest BCUT2D eigenvalue weighted by Crippen LogP contribution is -2.58. The highest BCUT2D eigenvalue weighted by molar-refractivity contribution is 5.93. The second kappa shape index (κ2) is 6.73. The van der Waals surface area contributed by atoms with Crippen molar-refractivity contribution < 1.29 is 14.0 Å². The minimum atomic E-state index is -0.256. The van der Waals surface area contributed by atoms with Gasteiger partial charge in [0.1, 0.15) is 17.4 Å². The summed E-state index contributed by atoms with van der Waals surface area (Å²) in [6, 6.07) is 7.06. The van der Waals surface area contributed by atoms with Crippen molar-refractivity contribution in [2.75, 3.05) is 0 Å². The molecule has 4 heteroatoms. The molecule has 154 valence electrons. The number of hydrogen-bond donors (Lipinski definition) is 1. The van der Waals surface area contributed by atoms with Crippen molar-refractivity contribution in [1.82, 2.24) is 5.32 Å². The first kappa shape index (κ1) is 18.2. The maximum atomic E-state index is 13.7. The Hall–Kier alpha value is -1.55. The van der Waals surface area contributed by atoms with E-state index >= 15 is 0 Å². The summed E-state index contributed by atoms with van der Waals surface area (Å²) in [4.78, 5) is 27.2. The first-order valence-electron chi connectivity index (χ1n) is 11.7. The molecule has 1 saturated heterocycles. The van der Waals surface area contributed by atoms with Crippen molar-refractivity contribution in [3.8, 4) is 0 Å². The van der Waals surface area contributed by atoms with Gasteiger partial charge in [-0.15, -0.1) is 0 Å². The van der Waals surface area contributed by atoms with E-state index in [4.69, 9.17) is 0 Å². The minimum absolute atomic E-state index is 0.0805. The van der Waals surface area contributed by atoms with Gasteiger partial charge in [0.25, 0.3) is 0 Å². The zero-order chi connectivity index (χ0) is 19.7. The van der Waals surface area contributed by atoms with Gasteiger partial charge in [-0.05, 0) is 55.2 Å². The van der Waals surface area contributed by atoms with E-state index in [9.17, 15) is 14.0 Å². The van der Waals surface area contributed by atoms with E-state index in [1.807, 2.05) is 12.1 Å². The van der Waals surface area contributed by atoms with Crippen LogP contribution < -0.4 is 5.32 Å². The van der Waals surface area contributed by atoms with Gasteiger partial charge in [0, 0.05) is 41.7 Å². The maximum absolute atomic E-state index is 13.7. The van der Waals surface area contributed by atoms with Crippen molar-refractivity contribution in [2.24, 2.45) is 35.5 Å². The number of halogens is 1. The fraction of sp³-hybridized carbons (Fsp3) is 0.680. The van der Waals surface area contributed by atoms with Gasteiger partial charge in [-0.2, -0.15) is 0 Å². The van der Waals surface area contributed by atoms with Crippen LogP contribution in [0.3, 0.4) is 0 Å². The molecule has 1 aromatic carbocycles. The van der Waals surface area contributed by atoms with Crippen LogP contribution >= 0.6 is 0 Å². The van der Waals surface area contributed by atoms with Crippen LogP contribution in [-0.2, 0) is 9.59 Å². The highest BCUT2D eigenvalue weighted by atomic mass is 19.1. The van der Waals surface area contributed by atoms with Crippen LogP contribution in [0.4, 0.5) is 4.39 Å². The highest BCUT2D eigenvalue weighted by Gasteiger charge is 2.64. The molecule has 8 unspecified atom stereocenters. The van der Waals surface area contributed by atoms with E-state index in [0.29, 0.717) is 23.4 Å². The molecule has 6 rings (SSSR count). The zero-order valence-corrected chi connectivity index (χ0v) is 16.9. The third-order valence-corrected chi connectivity index (χ3v) is 9.14. The molecule has 4 saturated carbocycles. The van der Waals surface area contributed by atoms with Crippen molar-refractivity contribution in [1.29, 1.82) is 0 Å². The SMILES string of the molecule is O=C1C2CCCCC2C2NC3C4CCCCC4C(=O)C3C(c3ccc(F)cc3)C12. The normalized spacial score (nSPS) is 46.0. The molecular weight excluding hydrogens is 365 g/mol. The van der Waals surface area contributed by atoms with Gasteiger partial charge < -0.3 is 5.32 Å². The molecular formula is C25H30FNO2. The first-order chi connectivity index (χ1) is 14.1. The summed E-state index contributed by atoms with van der Waals surface area (Å²) in [7, 11) is 0. The number of ketones is 2. The van der Waals surface area contributed by atoms with Gasteiger partial charge in [-0.1, -0.05) is 37.8 Å². The lowest BCUT2D eigenvalue weighted by molar-refractivity contribution is -0.129. The predicted molar refractivity (Wildman–Crippen MR) is 108 cm³/mol. The molecule has 1 aliphatic heterocycles. The van der Waals surface area contributed by atoms with Gasteiger partial charge in [-0.25, -0.2) is 4.39 Å². The van der Waals surface area contributed by atoms with Crippen molar-refractivity contribution >= 4 is 11.6 Å². The lowest BCUT2D eigenvalue weighted by Gasteiger charge is -2.45. The van der Waals surface area contributed by atoms with E-state index in [1.54, 1.807) is 0 Å².